The van der Waals surface area contributed by atoms with Gasteiger partial charge in [-0.15, -0.1) is 11.3 Å². The Morgan fingerprint density at radius 1 is 1.31 bits per heavy atom. The zero-order valence-electron chi connectivity index (χ0n) is 14.0. The van der Waals surface area contributed by atoms with Crippen LogP contribution in [0.3, 0.4) is 0 Å². The highest BCUT2D eigenvalue weighted by atomic mass is 32.1. The second-order valence-corrected chi connectivity index (χ2v) is 6.70. The molecule has 2 fully saturated rings. The number of thiazole rings is 1. The molecule has 0 atom stereocenters. The third-order valence-corrected chi connectivity index (χ3v) is 5.08. The van der Waals surface area contributed by atoms with Crippen molar-refractivity contribution in [2.75, 3.05) is 54.4 Å². The largest absolute Gasteiger partial charge is 0.447 e. The number of carbonyl (C=O) groups excluding carboxylic acids is 2. The van der Waals surface area contributed by atoms with E-state index >= 15 is 0 Å². The van der Waals surface area contributed by atoms with Crippen LogP contribution in [0.5, 0.6) is 0 Å². The number of rotatable bonds is 4. The lowest BCUT2D eigenvalue weighted by Gasteiger charge is -2.30. The quantitative estimate of drug-likeness (QED) is 0.828. The Kier molecular flexibility index (Phi) is 4.67. The Hall–Kier alpha value is -2.72. The second-order valence-electron chi connectivity index (χ2n) is 5.87. The monoisotopic (exact) mass is 374 g/mol. The summed E-state index contributed by atoms with van der Waals surface area (Å²) < 4.78 is 4.90. The maximum Gasteiger partial charge on any atom is 0.416 e. The fourth-order valence-electron chi connectivity index (χ4n) is 2.91. The van der Waals surface area contributed by atoms with E-state index in [0.29, 0.717) is 24.0 Å². The summed E-state index contributed by atoms with van der Waals surface area (Å²) in [7, 11) is 0. The zero-order chi connectivity index (χ0) is 17.9. The van der Waals surface area contributed by atoms with Gasteiger partial charge in [0.25, 0.3) is 5.91 Å². The molecular weight excluding hydrogens is 356 g/mol. The normalized spacial score (nSPS) is 17.3. The van der Waals surface area contributed by atoms with Crippen molar-refractivity contribution in [2.24, 2.45) is 0 Å². The Morgan fingerprint density at radius 2 is 2.15 bits per heavy atom. The second kappa shape index (κ2) is 7.26. The molecule has 2 aliphatic heterocycles. The number of aromatic nitrogens is 2. The number of carbonyl (C=O) groups is 2. The summed E-state index contributed by atoms with van der Waals surface area (Å²) in [6.07, 6.45) is 2.92. The number of nitrogens with one attached hydrogen (secondary N) is 2. The predicted octanol–water partition coefficient (Wildman–Crippen LogP) is 1.16. The topological polar surface area (TPSA) is 99.7 Å². The molecule has 0 unspecified atom stereocenters. The van der Waals surface area contributed by atoms with E-state index in [2.05, 4.69) is 25.5 Å². The molecule has 2 N–H and O–H groups in total. The molecule has 2 aromatic rings. The van der Waals surface area contributed by atoms with E-state index in [1.54, 1.807) is 17.8 Å². The van der Waals surface area contributed by atoms with Crippen molar-refractivity contribution in [3.05, 3.63) is 29.5 Å². The van der Waals surface area contributed by atoms with Gasteiger partial charge in [-0.3, -0.25) is 9.78 Å². The van der Waals surface area contributed by atoms with Crippen LogP contribution in [-0.4, -0.2) is 61.3 Å². The summed E-state index contributed by atoms with van der Waals surface area (Å²) in [5, 5.41) is 8.29. The van der Waals surface area contributed by atoms with E-state index in [9.17, 15) is 9.59 Å². The number of hydrogen-bond acceptors (Lipinski definition) is 8. The summed E-state index contributed by atoms with van der Waals surface area (Å²) in [6.45, 7) is 4.32. The molecule has 136 valence electrons. The van der Waals surface area contributed by atoms with E-state index < -0.39 is 6.09 Å². The minimum Gasteiger partial charge on any atom is -0.447 e. The smallest absolute Gasteiger partial charge is 0.416 e. The fourth-order valence-corrected chi connectivity index (χ4v) is 3.73. The minimum atomic E-state index is -0.431. The lowest BCUT2D eigenvalue weighted by atomic mass is 10.2. The van der Waals surface area contributed by atoms with Crippen LogP contribution in [0, 0.1) is 0 Å². The van der Waals surface area contributed by atoms with Gasteiger partial charge in [-0.05, 0) is 6.07 Å². The molecule has 4 heterocycles. The van der Waals surface area contributed by atoms with Crippen molar-refractivity contribution < 1.29 is 14.3 Å². The molecule has 2 saturated heterocycles. The van der Waals surface area contributed by atoms with Gasteiger partial charge in [-0.25, -0.2) is 14.7 Å². The third kappa shape index (κ3) is 3.33. The molecule has 2 aliphatic rings. The summed E-state index contributed by atoms with van der Waals surface area (Å²) in [4.78, 5) is 36.2. The Labute approximate surface area is 154 Å². The Balaban J connectivity index is 1.50. The first-order valence-corrected chi connectivity index (χ1v) is 9.21. The van der Waals surface area contributed by atoms with Gasteiger partial charge in [0.1, 0.15) is 12.3 Å². The van der Waals surface area contributed by atoms with Gasteiger partial charge in [0, 0.05) is 37.8 Å². The van der Waals surface area contributed by atoms with Crippen LogP contribution < -0.4 is 20.4 Å². The number of amides is 2. The molecule has 0 spiro atoms. The molecule has 2 amide bonds. The molecular formula is C16H18N6O3S. The number of cyclic esters (lactones) is 1. The molecule has 4 rings (SSSR count). The van der Waals surface area contributed by atoms with Gasteiger partial charge in [0.05, 0.1) is 24.1 Å². The van der Waals surface area contributed by atoms with E-state index in [-0.39, 0.29) is 11.6 Å². The van der Waals surface area contributed by atoms with E-state index in [0.717, 1.165) is 31.9 Å². The standard InChI is InChI=1S/C16H18N6O3S/c23-14(12-10-26-15(20-12)22-7-8-25-16(22)24)19-11-9-18-2-1-13(11)21-5-3-17-4-6-21/h1-2,9-10,17H,3-8H2,(H,19,23). The van der Waals surface area contributed by atoms with E-state index in [1.807, 2.05) is 6.07 Å². The van der Waals surface area contributed by atoms with Crippen LogP contribution in [0.4, 0.5) is 21.3 Å². The third-order valence-electron chi connectivity index (χ3n) is 4.22. The number of nitrogens with zero attached hydrogens (tertiary/aromatic N) is 4. The lowest BCUT2D eigenvalue weighted by molar-refractivity contribution is 0.102. The molecule has 0 radical (unpaired) electrons. The Morgan fingerprint density at radius 3 is 2.92 bits per heavy atom. The van der Waals surface area contributed by atoms with Crippen LogP contribution in [0.15, 0.2) is 23.8 Å². The van der Waals surface area contributed by atoms with Crippen molar-refractivity contribution in [3.63, 3.8) is 0 Å². The van der Waals surface area contributed by atoms with Crippen LogP contribution in [0.1, 0.15) is 10.5 Å². The van der Waals surface area contributed by atoms with Crippen molar-refractivity contribution in [3.8, 4) is 0 Å². The highest BCUT2D eigenvalue weighted by molar-refractivity contribution is 7.14. The molecule has 0 saturated carbocycles. The molecule has 9 nitrogen and oxygen atoms in total. The highest BCUT2D eigenvalue weighted by Gasteiger charge is 2.27. The predicted molar refractivity (Wildman–Crippen MR) is 98.1 cm³/mol. The van der Waals surface area contributed by atoms with Crippen molar-refractivity contribution in [1.29, 1.82) is 0 Å². The van der Waals surface area contributed by atoms with Crippen LogP contribution in [0.2, 0.25) is 0 Å². The molecule has 2 aromatic heterocycles. The van der Waals surface area contributed by atoms with Gasteiger partial charge >= 0.3 is 6.09 Å². The molecule has 0 aliphatic carbocycles. The van der Waals surface area contributed by atoms with Crippen LogP contribution in [-0.2, 0) is 4.74 Å². The van der Waals surface area contributed by atoms with Gasteiger partial charge in [0.2, 0.25) is 0 Å². The summed E-state index contributed by atoms with van der Waals surface area (Å²) in [5.74, 6) is -0.329. The number of anilines is 3. The maximum absolute atomic E-state index is 12.6. The first-order chi connectivity index (χ1) is 12.7. The van der Waals surface area contributed by atoms with E-state index in [1.165, 1.54) is 16.2 Å². The molecule has 0 bridgehead atoms. The van der Waals surface area contributed by atoms with Crippen molar-refractivity contribution >= 4 is 39.8 Å². The average Bonchev–Trinajstić information content (AvgIpc) is 3.32. The van der Waals surface area contributed by atoms with Gasteiger partial charge in [-0.1, -0.05) is 0 Å². The number of hydrogen-bond donors (Lipinski definition) is 2. The van der Waals surface area contributed by atoms with Crippen molar-refractivity contribution in [1.82, 2.24) is 15.3 Å². The summed E-state index contributed by atoms with van der Waals surface area (Å²) >= 11 is 1.24. The number of ether oxygens (including phenoxy) is 1. The van der Waals surface area contributed by atoms with Crippen LogP contribution in [0.25, 0.3) is 0 Å². The first-order valence-electron chi connectivity index (χ1n) is 8.33. The minimum absolute atomic E-state index is 0.264. The van der Waals surface area contributed by atoms with Crippen LogP contribution >= 0.6 is 11.3 Å². The SMILES string of the molecule is O=C(Nc1cnccc1N1CCNCC1)c1csc(N2CCOC2=O)n1. The van der Waals surface area contributed by atoms with Gasteiger partial charge in [0.15, 0.2) is 5.13 Å². The fraction of sp³-hybridized carbons (Fsp3) is 0.375. The zero-order valence-corrected chi connectivity index (χ0v) is 14.8. The highest BCUT2D eigenvalue weighted by Crippen LogP contribution is 2.27. The summed E-state index contributed by atoms with van der Waals surface area (Å²) in [6, 6.07) is 1.90. The summed E-state index contributed by atoms with van der Waals surface area (Å²) in [5.41, 5.74) is 1.85. The number of pyridine rings is 1. The Bertz CT molecular complexity index is 820. The van der Waals surface area contributed by atoms with Gasteiger partial charge < -0.3 is 20.3 Å². The average molecular weight is 374 g/mol. The maximum atomic E-state index is 12.6. The molecule has 10 heteroatoms. The molecule has 26 heavy (non-hydrogen) atoms. The number of piperazine rings is 1. The van der Waals surface area contributed by atoms with Crippen molar-refractivity contribution in [2.45, 2.75) is 0 Å². The first kappa shape index (κ1) is 16.7. The van der Waals surface area contributed by atoms with Gasteiger partial charge in [-0.2, -0.15) is 0 Å². The van der Waals surface area contributed by atoms with E-state index in [4.69, 9.17) is 4.74 Å². The lowest BCUT2D eigenvalue weighted by Crippen LogP contribution is -2.43. The molecule has 0 aromatic carbocycles.